The Kier molecular flexibility index (Phi) is 3.68. The van der Waals surface area contributed by atoms with Crippen LogP contribution < -0.4 is 5.32 Å². The zero-order valence-electron chi connectivity index (χ0n) is 12.1. The van der Waals surface area contributed by atoms with Crippen molar-refractivity contribution in [3.63, 3.8) is 0 Å². The number of hydrogen-bond donors (Lipinski definition) is 2. The second kappa shape index (κ2) is 5.48. The summed E-state index contributed by atoms with van der Waals surface area (Å²) < 4.78 is 0. The average molecular weight is 288 g/mol. The standard InChI is InChI=1S/C16H20N2O3/c1-10-6-8-17-13(10)15(19)18-9-7-11-4-2-3-5-12(11)14(18)16(20)21/h2-5,10,13-14,17H,6-9H2,1H3,(H,20,21). The molecule has 5 nitrogen and oxygen atoms in total. The van der Waals surface area contributed by atoms with E-state index in [4.69, 9.17) is 0 Å². The van der Waals surface area contributed by atoms with Crippen LogP contribution in [0.5, 0.6) is 0 Å². The molecule has 0 bridgehead atoms. The van der Waals surface area contributed by atoms with Crippen molar-refractivity contribution in [3.05, 3.63) is 35.4 Å². The highest BCUT2D eigenvalue weighted by Gasteiger charge is 2.40. The first-order chi connectivity index (χ1) is 10.1. The number of hydrogen-bond acceptors (Lipinski definition) is 3. The number of rotatable bonds is 2. The molecule has 0 saturated carbocycles. The zero-order valence-corrected chi connectivity index (χ0v) is 12.1. The first kappa shape index (κ1) is 14.1. The van der Waals surface area contributed by atoms with Gasteiger partial charge in [-0.2, -0.15) is 0 Å². The minimum absolute atomic E-state index is 0.0816. The Hall–Kier alpha value is -1.88. The Balaban J connectivity index is 1.92. The van der Waals surface area contributed by atoms with E-state index in [9.17, 15) is 14.7 Å². The minimum atomic E-state index is -0.957. The zero-order chi connectivity index (χ0) is 15.0. The lowest BCUT2D eigenvalue weighted by Gasteiger charge is -2.36. The van der Waals surface area contributed by atoms with Crippen molar-refractivity contribution in [1.82, 2.24) is 10.2 Å². The predicted octanol–water partition coefficient (Wildman–Crippen LogP) is 1.19. The van der Waals surface area contributed by atoms with E-state index in [0.29, 0.717) is 13.0 Å². The third-order valence-electron chi connectivity index (χ3n) is 4.60. The fourth-order valence-corrected chi connectivity index (χ4v) is 3.41. The molecule has 1 aromatic rings. The molecule has 1 fully saturated rings. The monoisotopic (exact) mass is 288 g/mol. The number of fused-ring (bicyclic) bond motifs is 1. The Morgan fingerprint density at radius 3 is 2.76 bits per heavy atom. The number of benzene rings is 1. The van der Waals surface area contributed by atoms with Gasteiger partial charge < -0.3 is 15.3 Å². The van der Waals surface area contributed by atoms with E-state index < -0.39 is 12.0 Å². The summed E-state index contributed by atoms with van der Waals surface area (Å²) in [6, 6.07) is 6.40. The molecule has 3 unspecified atom stereocenters. The van der Waals surface area contributed by atoms with Crippen molar-refractivity contribution < 1.29 is 14.7 Å². The van der Waals surface area contributed by atoms with Gasteiger partial charge in [-0.25, -0.2) is 4.79 Å². The van der Waals surface area contributed by atoms with Crippen LogP contribution in [0.1, 0.15) is 30.5 Å². The third-order valence-corrected chi connectivity index (χ3v) is 4.60. The van der Waals surface area contributed by atoms with Gasteiger partial charge in [0.1, 0.15) is 0 Å². The number of carbonyl (C=O) groups is 2. The molecule has 5 heteroatoms. The molecule has 0 radical (unpaired) electrons. The smallest absolute Gasteiger partial charge is 0.331 e. The molecule has 1 amide bonds. The van der Waals surface area contributed by atoms with E-state index in [1.54, 1.807) is 0 Å². The number of carbonyl (C=O) groups excluding carboxylic acids is 1. The Bertz CT molecular complexity index is 572. The molecule has 21 heavy (non-hydrogen) atoms. The van der Waals surface area contributed by atoms with E-state index in [-0.39, 0.29) is 17.9 Å². The van der Waals surface area contributed by atoms with Gasteiger partial charge in [0, 0.05) is 6.54 Å². The lowest BCUT2D eigenvalue weighted by molar-refractivity contribution is -0.152. The second-order valence-corrected chi connectivity index (χ2v) is 5.92. The summed E-state index contributed by atoms with van der Waals surface area (Å²) in [6.07, 6.45) is 1.67. The van der Waals surface area contributed by atoms with Crippen molar-refractivity contribution in [1.29, 1.82) is 0 Å². The third kappa shape index (κ3) is 2.42. The number of carboxylic acids is 1. The summed E-state index contributed by atoms with van der Waals surface area (Å²) in [5.41, 5.74) is 1.77. The van der Waals surface area contributed by atoms with E-state index in [0.717, 1.165) is 24.1 Å². The first-order valence-electron chi connectivity index (χ1n) is 7.44. The second-order valence-electron chi connectivity index (χ2n) is 5.92. The molecule has 0 aliphatic carbocycles. The number of nitrogens with one attached hydrogen (secondary N) is 1. The highest BCUT2D eigenvalue weighted by molar-refractivity contribution is 5.89. The van der Waals surface area contributed by atoms with Crippen molar-refractivity contribution in [2.45, 2.75) is 31.8 Å². The molecular formula is C16H20N2O3. The molecule has 2 aliphatic rings. The summed E-state index contributed by atoms with van der Waals surface area (Å²) >= 11 is 0. The van der Waals surface area contributed by atoms with E-state index in [1.807, 2.05) is 31.2 Å². The SMILES string of the molecule is CC1CCNC1C(=O)N1CCc2ccccc2C1C(=O)O. The van der Waals surface area contributed by atoms with Gasteiger partial charge in [-0.15, -0.1) is 0 Å². The summed E-state index contributed by atoms with van der Waals surface area (Å²) in [4.78, 5) is 26.0. The van der Waals surface area contributed by atoms with Gasteiger partial charge in [0.05, 0.1) is 6.04 Å². The van der Waals surface area contributed by atoms with Crippen LogP contribution in [0.3, 0.4) is 0 Å². The van der Waals surface area contributed by atoms with Crippen LogP contribution in [0.25, 0.3) is 0 Å². The van der Waals surface area contributed by atoms with E-state index in [2.05, 4.69) is 5.32 Å². The van der Waals surface area contributed by atoms with Crippen molar-refractivity contribution in [2.75, 3.05) is 13.1 Å². The molecule has 1 saturated heterocycles. The van der Waals surface area contributed by atoms with Gasteiger partial charge in [0.15, 0.2) is 6.04 Å². The topological polar surface area (TPSA) is 69.6 Å². The quantitative estimate of drug-likeness (QED) is 0.858. The van der Waals surface area contributed by atoms with E-state index >= 15 is 0 Å². The molecule has 112 valence electrons. The maximum Gasteiger partial charge on any atom is 0.331 e. The van der Waals surface area contributed by atoms with Gasteiger partial charge in [0.2, 0.25) is 5.91 Å². The molecular weight excluding hydrogens is 268 g/mol. The maximum absolute atomic E-state index is 12.7. The van der Waals surface area contributed by atoms with Gasteiger partial charge in [-0.3, -0.25) is 4.79 Å². The number of aliphatic carboxylic acids is 1. The molecule has 0 spiro atoms. The molecule has 2 aliphatic heterocycles. The minimum Gasteiger partial charge on any atom is -0.479 e. The van der Waals surface area contributed by atoms with Crippen LogP contribution in [-0.2, 0) is 16.0 Å². The Labute approximate surface area is 123 Å². The largest absolute Gasteiger partial charge is 0.479 e. The van der Waals surface area contributed by atoms with Crippen molar-refractivity contribution in [3.8, 4) is 0 Å². The summed E-state index contributed by atoms with van der Waals surface area (Å²) in [5.74, 6) is -0.785. The normalized spacial score (nSPS) is 28.2. The maximum atomic E-state index is 12.7. The van der Waals surface area contributed by atoms with Gasteiger partial charge in [-0.1, -0.05) is 31.2 Å². The molecule has 0 aromatic heterocycles. The lowest BCUT2D eigenvalue weighted by atomic mass is 9.91. The summed E-state index contributed by atoms with van der Waals surface area (Å²) in [7, 11) is 0. The van der Waals surface area contributed by atoms with Crippen LogP contribution in [0.15, 0.2) is 24.3 Å². The Morgan fingerprint density at radius 2 is 2.10 bits per heavy atom. The Morgan fingerprint density at radius 1 is 1.33 bits per heavy atom. The highest BCUT2D eigenvalue weighted by Crippen LogP contribution is 2.31. The number of amides is 1. The van der Waals surface area contributed by atoms with E-state index in [1.165, 1.54) is 4.90 Å². The van der Waals surface area contributed by atoms with Gasteiger partial charge >= 0.3 is 5.97 Å². The number of nitrogens with zero attached hydrogens (tertiary/aromatic N) is 1. The van der Waals surface area contributed by atoms with Gasteiger partial charge in [0.25, 0.3) is 0 Å². The van der Waals surface area contributed by atoms with Crippen molar-refractivity contribution >= 4 is 11.9 Å². The van der Waals surface area contributed by atoms with Crippen LogP contribution in [0.4, 0.5) is 0 Å². The summed E-state index contributed by atoms with van der Waals surface area (Å²) in [5, 5.41) is 12.8. The molecule has 2 heterocycles. The average Bonchev–Trinajstić information content (AvgIpc) is 2.91. The van der Waals surface area contributed by atoms with Crippen LogP contribution in [0, 0.1) is 5.92 Å². The fraction of sp³-hybridized carbons (Fsp3) is 0.500. The fourth-order valence-electron chi connectivity index (χ4n) is 3.41. The van der Waals surface area contributed by atoms with Crippen LogP contribution in [-0.4, -0.2) is 41.0 Å². The highest BCUT2D eigenvalue weighted by atomic mass is 16.4. The van der Waals surface area contributed by atoms with Gasteiger partial charge in [-0.05, 0) is 36.4 Å². The number of carboxylic acid groups (broad SMARTS) is 1. The molecule has 1 aromatic carbocycles. The van der Waals surface area contributed by atoms with Crippen molar-refractivity contribution in [2.24, 2.45) is 5.92 Å². The first-order valence-corrected chi connectivity index (χ1v) is 7.44. The predicted molar refractivity (Wildman–Crippen MR) is 77.8 cm³/mol. The van der Waals surface area contributed by atoms with Crippen LogP contribution in [0.2, 0.25) is 0 Å². The lowest BCUT2D eigenvalue weighted by Crippen LogP contribution is -2.51. The molecule has 3 rings (SSSR count). The summed E-state index contributed by atoms with van der Waals surface area (Å²) in [6.45, 7) is 3.33. The molecule has 2 N–H and O–H groups in total. The molecule has 3 atom stereocenters. The van der Waals surface area contributed by atoms with Crippen LogP contribution >= 0.6 is 0 Å².